The zero-order chi connectivity index (χ0) is 24.6. The number of hydrogen-bond acceptors (Lipinski definition) is 3. The molecule has 2 amide bonds. The summed E-state index contributed by atoms with van der Waals surface area (Å²) >= 11 is 0. The van der Waals surface area contributed by atoms with Crippen molar-refractivity contribution in [3.63, 3.8) is 0 Å². The van der Waals surface area contributed by atoms with E-state index in [2.05, 4.69) is 34.5 Å². The van der Waals surface area contributed by atoms with Crippen LogP contribution < -0.4 is 5.32 Å². The van der Waals surface area contributed by atoms with Crippen LogP contribution in [-0.4, -0.2) is 54.3 Å². The number of carbonyl (C=O) groups excluding carboxylic acids is 2. The van der Waals surface area contributed by atoms with Crippen molar-refractivity contribution in [1.82, 2.24) is 15.1 Å². The van der Waals surface area contributed by atoms with E-state index in [0.29, 0.717) is 32.0 Å². The van der Waals surface area contributed by atoms with Crippen molar-refractivity contribution in [1.29, 1.82) is 0 Å². The number of piperazine rings is 1. The van der Waals surface area contributed by atoms with E-state index in [4.69, 9.17) is 0 Å². The standard InChI is InChI=1S/C28H29F2N3O2/c29-23-13-14-24(25(30)20-23)28(35)31-15-7-12-26(34)32-16-18-33(19-17-32)27(21-8-3-1-4-9-21)22-10-5-2-6-11-22/h1-6,8-11,13-14,20,27H,7,12,15-19H2,(H,31,35). The first-order valence-corrected chi connectivity index (χ1v) is 11.9. The lowest BCUT2D eigenvalue weighted by atomic mass is 9.96. The summed E-state index contributed by atoms with van der Waals surface area (Å²) < 4.78 is 26.7. The maximum atomic E-state index is 13.7. The SMILES string of the molecule is O=C(NCCCC(=O)N1CCN(C(c2ccccc2)c2ccccc2)CC1)c1ccc(F)cc1F. The summed E-state index contributed by atoms with van der Waals surface area (Å²) in [5, 5.41) is 2.60. The molecule has 0 bridgehead atoms. The minimum atomic E-state index is -0.902. The Morgan fingerprint density at radius 3 is 2.00 bits per heavy atom. The van der Waals surface area contributed by atoms with Gasteiger partial charge in [-0.15, -0.1) is 0 Å². The van der Waals surface area contributed by atoms with E-state index in [1.54, 1.807) is 0 Å². The number of benzene rings is 3. The number of rotatable bonds is 8. The molecular weight excluding hydrogens is 448 g/mol. The lowest BCUT2D eigenvalue weighted by Crippen LogP contribution is -2.49. The van der Waals surface area contributed by atoms with Gasteiger partial charge in [-0.1, -0.05) is 60.7 Å². The van der Waals surface area contributed by atoms with Gasteiger partial charge < -0.3 is 10.2 Å². The molecule has 0 aromatic heterocycles. The molecule has 5 nitrogen and oxygen atoms in total. The van der Waals surface area contributed by atoms with E-state index in [1.165, 1.54) is 11.1 Å². The van der Waals surface area contributed by atoms with E-state index >= 15 is 0 Å². The third kappa shape index (κ3) is 6.31. The van der Waals surface area contributed by atoms with Crippen molar-refractivity contribution in [2.75, 3.05) is 32.7 Å². The first-order chi connectivity index (χ1) is 17.0. The molecular formula is C28H29F2N3O2. The van der Waals surface area contributed by atoms with Crippen LogP contribution >= 0.6 is 0 Å². The largest absolute Gasteiger partial charge is 0.352 e. The molecule has 0 radical (unpaired) electrons. The third-order valence-corrected chi connectivity index (χ3v) is 6.29. The van der Waals surface area contributed by atoms with Gasteiger partial charge in [-0.05, 0) is 29.7 Å². The summed E-state index contributed by atoms with van der Waals surface area (Å²) in [4.78, 5) is 29.1. The molecule has 1 fully saturated rings. The maximum absolute atomic E-state index is 13.7. The van der Waals surface area contributed by atoms with Crippen LogP contribution in [0.2, 0.25) is 0 Å². The number of amides is 2. The summed E-state index contributed by atoms with van der Waals surface area (Å²) in [6, 6.07) is 23.8. The van der Waals surface area contributed by atoms with Crippen molar-refractivity contribution in [3.05, 3.63) is 107 Å². The highest BCUT2D eigenvalue weighted by atomic mass is 19.1. The Hall–Kier alpha value is -3.58. The first kappa shape index (κ1) is 24.5. The first-order valence-electron chi connectivity index (χ1n) is 11.9. The van der Waals surface area contributed by atoms with Gasteiger partial charge in [0.1, 0.15) is 11.6 Å². The Labute approximate surface area is 204 Å². The van der Waals surface area contributed by atoms with Crippen molar-refractivity contribution >= 4 is 11.8 Å². The lowest BCUT2D eigenvalue weighted by molar-refractivity contribution is -0.133. The minimum Gasteiger partial charge on any atom is -0.352 e. The number of halogens is 2. The molecule has 0 unspecified atom stereocenters. The minimum absolute atomic E-state index is 0.0443. The molecule has 182 valence electrons. The molecule has 1 aliphatic rings. The summed E-state index contributed by atoms with van der Waals surface area (Å²) in [7, 11) is 0. The maximum Gasteiger partial charge on any atom is 0.254 e. The number of hydrogen-bond donors (Lipinski definition) is 1. The number of carbonyl (C=O) groups is 2. The van der Waals surface area contributed by atoms with Crippen molar-refractivity contribution < 1.29 is 18.4 Å². The van der Waals surface area contributed by atoms with Crippen molar-refractivity contribution in [3.8, 4) is 0 Å². The van der Waals surface area contributed by atoms with E-state index < -0.39 is 17.5 Å². The van der Waals surface area contributed by atoms with E-state index in [0.717, 1.165) is 25.2 Å². The molecule has 1 aliphatic heterocycles. The Balaban J connectivity index is 1.26. The van der Waals surface area contributed by atoms with Gasteiger partial charge in [0.25, 0.3) is 5.91 Å². The second kappa shape index (κ2) is 11.7. The fourth-order valence-corrected chi connectivity index (χ4v) is 4.48. The summed E-state index contributed by atoms with van der Waals surface area (Å²) in [6.45, 7) is 3.05. The molecule has 0 saturated carbocycles. The molecule has 35 heavy (non-hydrogen) atoms. The van der Waals surface area contributed by atoms with Gasteiger partial charge in [-0.3, -0.25) is 14.5 Å². The molecule has 0 atom stereocenters. The molecule has 1 heterocycles. The Bertz CT molecular complexity index is 1090. The zero-order valence-corrected chi connectivity index (χ0v) is 19.5. The van der Waals surface area contributed by atoms with Gasteiger partial charge in [0.05, 0.1) is 11.6 Å². The van der Waals surface area contributed by atoms with Crippen LogP contribution in [0.15, 0.2) is 78.9 Å². The fraction of sp³-hybridized carbons (Fsp3) is 0.286. The molecule has 4 rings (SSSR count). The molecule has 0 aliphatic carbocycles. The molecule has 0 spiro atoms. The Kier molecular flexibility index (Phi) is 8.21. The average molecular weight is 478 g/mol. The fourth-order valence-electron chi connectivity index (χ4n) is 4.48. The Morgan fingerprint density at radius 1 is 0.829 bits per heavy atom. The van der Waals surface area contributed by atoms with Crippen LogP contribution in [0.5, 0.6) is 0 Å². The van der Waals surface area contributed by atoms with Crippen LogP contribution in [-0.2, 0) is 4.79 Å². The monoisotopic (exact) mass is 477 g/mol. The van der Waals surface area contributed by atoms with Crippen LogP contribution in [0.25, 0.3) is 0 Å². The zero-order valence-electron chi connectivity index (χ0n) is 19.5. The van der Waals surface area contributed by atoms with Gasteiger partial charge in [0.15, 0.2) is 0 Å². The summed E-state index contributed by atoms with van der Waals surface area (Å²) in [6.07, 6.45) is 0.747. The van der Waals surface area contributed by atoms with Crippen LogP contribution in [0.3, 0.4) is 0 Å². The topological polar surface area (TPSA) is 52.7 Å². The molecule has 1 saturated heterocycles. The molecule has 1 N–H and O–H groups in total. The number of nitrogens with one attached hydrogen (secondary N) is 1. The lowest BCUT2D eigenvalue weighted by Gasteiger charge is -2.40. The van der Waals surface area contributed by atoms with Gasteiger partial charge >= 0.3 is 0 Å². The van der Waals surface area contributed by atoms with E-state index in [9.17, 15) is 18.4 Å². The van der Waals surface area contributed by atoms with Gasteiger partial charge in [0, 0.05) is 45.2 Å². The molecule has 3 aromatic rings. The predicted molar refractivity (Wildman–Crippen MR) is 131 cm³/mol. The highest BCUT2D eigenvalue weighted by Crippen LogP contribution is 2.29. The van der Waals surface area contributed by atoms with Crippen molar-refractivity contribution in [2.24, 2.45) is 0 Å². The summed E-state index contributed by atoms with van der Waals surface area (Å²) in [5.74, 6) is -2.20. The third-order valence-electron chi connectivity index (χ3n) is 6.29. The van der Waals surface area contributed by atoms with Crippen LogP contribution in [0.4, 0.5) is 8.78 Å². The van der Waals surface area contributed by atoms with E-state index in [1.807, 2.05) is 41.3 Å². The summed E-state index contributed by atoms with van der Waals surface area (Å²) in [5.41, 5.74) is 2.25. The van der Waals surface area contributed by atoms with Gasteiger partial charge in [-0.2, -0.15) is 0 Å². The highest BCUT2D eigenvalue weighted by molar-refractivity contribution is 5.94. The highest BCUT2D eigenvalue weighted by Gasteiger charge is 2.27. The molecule has 3 aromatic carbocycles. The van der Waals surface area contributed by atoms with Gasteiger partial charge in [0.2, 0.25) is 5.91 Å². The van der Waals surface area contributed by atoms with E-state index in [-0.39, 0.29) is 24.1 Å². The molecule has 7 heteroatoms. The quantitative estimate of drug-likeness (QED) is 0.489. The number of nitrogens with zero attached hydrogens (tertiary/aromatic N) is 2. The van der Waals surface area contributed by atoms with Gasteiger partial charge in [-0.25, -0.2) is 8.78 Å². The second-order valence-electron chi connectivity index (χ2n) is 8.62. The van der Waals surface area contributed by atoms with Crippen LogP contribution in [0, 0.1) is 11.6 Å². The second-order valence-corrected chi connectivity index (χ2v) is 8.62. The van der Waals surface area contributed by atoms with Crippen LogP contribution in [0.1, 0.15) is 40.4 Å². The normalized spacial score (nSPS) is 14.2. The predicted octanol–water partition coefficient (Wildman–Crippen LogP) is 4.41. The van der Waals surface area contributed by atoms with Crippen molar-refractivity contribution in [2.45, 2.75) is 18.9 Å². The smallest absolute Gasteiger partial charge is 0.254 e. The Morgan fingerprint density at radius 2 is 1.43 bits per heavy atom. The average Bonchev–Trinajstić information content (AvgIpc) is 2.88.